The molecule has 21 heavy (non-hydrogen) atoms. The Bertz CT molecular complexity index is 633. The zero-order valence-electron chi connectivity index (χ0n) is 12.6. The van der Waals surface area contributed by atoms with Crippen LogP contribution in [-0.4, -0.2) is 21.5 Å². The summed E-state index contributed by atoms with van der Waals surface area (Å²) in [6.45, 7) is 6.02. The summed E-state index contributed by atoms with van der Waals surface area (Å²) in [5.74, 6) is 0.0282. The lowest BCUT2D eigenvalue weighted by atomic mass is 10.0. The molecule has 2 rings (SSSR count). The molecule has 0 atom stereocenters. The summed E-state index contributed by atoms with van der Waals surface area (Å²) in [4.78, 5) is 16.3. The van der Waals surface area contributed by atoms with Gasteiger partial charge in [0.1, 0.15) is 11.4 Å². The van der Waals surface area contributed by atoms with Crippen molar-refractivity contribution in [3.63, 3.8) is 0 Å². The highest BCUT2D eigenvalue weighted by Gasteiger charge is 2.18. The molecule has 4 nitrogen and oxygen atoms in total. The topological polar surface area (TPSA) is 62.2 Å². The number of nitrogens with zero attached hydrogens (tertiary/aromatic N) is 1. The summed E-state index contributed by atoms with van der Waals surface area (Å²) in [5, 5.41) is 12.8. The van der Waals surface area contributed by atoms with Gasteiger partial charge in [-0.3, -0.25) is 9.78 Å². The average molecular weight is 284 g/mol. The fourth-order valence-electron chi connectivity index (χ4n) is 1.87. The number of benzene rings is 1. The van der Waals surface area contributed by atoms with Gasteiger partial charge in [-0.05, 0) is 44.5 Å². The molecule has 1 aromatic heterocycles. The lowest BCUT2D eigenvalue weighted by Gasteiger charge is -2.24. The third-order valence-corrected chi connectivity index (χ3v) is 3.54. The summed E-state index contributed by atoms with van der Waals surface area (Å²) in [5.41, 5.74) is 1.66. The Morgan fingerprint density at radius 3 is 2.48 bits per heavy atom. The summed E-state index contributed by atoms with van der Waals surface area (Å²) < 4.78 is 0. The van der Waals surface area contributed by atoms with Crippen LogP contribution in [0, 0.1) is 0 Å². The summed E-state index contributed by atoms with van der Waals surface area (Å²) >= 11 is 0. The molecular formula is C17H20N2O2. The first-order chi connectivity index (χ1) is 9.93. The molecule has 0 aliphatic heterocycles. The van der Waals surface area contributed by atoms with Gasteiger partial charge in [0.05, 0.1) is 0 Å². The van der Waals surface area contributed by atoms with Crippen molar-refractivity contribution in [3.8, 4) is 17.0 Å². The van der Waals surface area contributed by atoms with Crippen molar-refractivity contribution in [2.75, 3.05) is 0 Å². The number of nitrogens with one attached hydrogen (secondary N) is 1. The Morgan fingerprint density at radius 1 is 1.24 bits per heavy atom. The van der Waals surface area contributed by atoms with E-state index >= 15 is 0 Å². The quantitative estimate of drug-likeness (QED) is 0.904. The molecule has 1 heterocycles. The standard InChI is InChI=1S/C17H20N2O2/c1-4-17(2,3)19-16(21)13-9-7-12(8-10-13)15-14(20)6-5-11-18-15/h5-11,20H,4H2,1-3H3,(H,19,21). The van der Waals surface area contributed by atoms with Crippen LogP contribution in [-0.2, 0) is 0 Å². The molecule has 2 aromatic rings. The molecule has 0 fully saturated rings. The molecule has 0 bridgehead atoms. The normalized spacial score (nSPS) is 11.2. The van der Waals surface area contributed by atoms with E-state index in [2.05, 4.69) is 10.3 Å². The minimum atomic E-state index is -0.227. The molecule has 0 aliphatic rings. The second kappa shape index (κ2) is 5.95. The van der Waals surface area contributed by atoms with Crippen LogP contribution in [0.2, 0.25) is 0 Å². The molecule has 0 saturated heterocycles. The highest BCUT2D eigenvalue weighted by Crippen LogP contribution is 2.26. The number of amides is 1. The number of hydrogen-bond donors (Lipinski definition) is 2. The van der Waals surface area contributed by atoms with E-state index in [9.17, 15) is 9.90 Å². The van der Waals surface area contributed by atoms with Crippen LogP contribution in [0.4, 0.5) is 0 Å². The predicted molar refractivity (Wildman–Crippen MR) is 83.2 cm³/mol. The fraction of sp³-hybridized carbons (Fsp3) is 0.294. The van der Waals surface area contributed by atoms with Crippen LogP contribution in [0.5, 0.6) is 5.75 Å². The molecule has 1 amide bonds. The first kappa shape index (κ1) is 15.0. The number of carbonyl (C=O) groups excluding carboxylic acids is 1. The van der Waals surface area contributed by atoms with Gasteiger partial charge in [0, 0.05) is 22.9 Å². The Kier molecular flexibility index (Phi) is 4.26. The summed E-state index contributed by atoms with van der Waals surface area (Å²) in [6, 6.07) is 10.3. The van der Waals surface area contributed by atoms with Crippen LogP contribution in [0.1, 0.15) is 37.6 Å². The second-order valence-electron chi connectivity index (χ2n) is 5.64. The first-order valence-corrected chi connectivity index (χ1v) is 7.00. The van der Waals surface area contributed by atoms with Crippen LogP contribution < -0.4 is 5.32 Å². The monoisotopic (exact) mass is 284 g/mol. The van der Waals surface area contributed by atoms with Gasteiger partial charge in [-0.1, -0.05) is 19.1 Å². The van der Waals surface area contributed by atoms with Gasteiger partial charge in [0.2, 0.25) is 0 Å². The molecule has 0 spiro atoms. The first-order valence-electron chi connectivity index (χ1n) is 7.00. The van der Waals surface area contributed by atoms with Crippen LogP contribution in [0.25, 0.3) is 11.3 Å². The zero-order valence-corrected chi connectivity index (χ0v) is 12.6. The Balaban J connectivity index is 2.20. The van der Waals surface area contributed by atoms with Crippen molar-refractivity contribution in [3.05, 3.63) is 48.2 Å². The molecule has 2 N–H and O–H groups in total. The molecule has 1 aromatic carbocycles. The fourth-order valence-corrected chi connectivity index (χ4v) is 1.87. The maximum atomic E-state index is 12.2. The third-order valence-electron chi connectivity index (χ3n) is 3.54. The Labute approximate surface area is 124 Å². The molecule has 0 unspecified atom stereocenters. The molecule has 110 valence electrons. The van der Waals surface area contributed by atoms with Crippen LogP contribution in [0.15, 0.2) is 42.6 Å². The number of carbonyl (C=O) groups is 1. The molecular weight excluding hydrogens is 264 g/mol. The molecule has 4 heteroatoms. The maximum Gasteiger partial charge on any atom is 0.251 e. The number of aromatic nitrogens is 1. The van der Waals surface area contributed by atoms with Crippen LogP contribution >= 0.6 is 0 Å². The largest absolute Gasteiger partial charge is 0.506 e. The maximum absolute atomic E-state index is 12.2. The Hall–Kier alpha value is -2.36. The number of rotatable bonds is 4. The van der Waals surface area contributed by atoms with E-state index in [-0.39, 0.29) is 17.2 Å². The van der Waals surface area contributed by atoms with Gasteiger partial charge >= 0.3 is 0 Å². The van der Waals surface area contributed by atoms with E-state index in [1.54, 1.807) is 42.6 Å². The molecule has 0 aliphatic carbocycles. The van der Waals surface area contributed by atoms with E-state index in [0.717, 1.165) is 12.0 Å². The second-order valence-corrected chi connectivity index (χ2v) is 5.64. The van der Waals surface area contributed by atoms with E-state index in [1.165, 1.54) is 0 Å². The Morgan fingerprint density at radius 2 is 1.90 bits per heavy atom. The van der Waals surface area contributed by atoms with Crippen molar-refractivity contribution >= 4 is 5.91 Å². The van der Waals surface area contributed by atoms with E-state index in [4.69, 9.17) is 0 Å². The molecule has 0 saturated carbocycles. The van der Waals surface area contributed by atoms with Crippen molar-refractivity contribution in [2.45, 2.75) is 32.7 Å². The smallest absolute Gasteiger partial charge is 0.251 e. The van der Waals surface area contributed by atoms with Gasteiger partial charge in [0.25, 0.3) is 5.91 Å². The van der Waals surface area contributed by atoms with Gasteiger partial charge in [-0.25, -0.2) is 0 Å². The number of pyridine rings is 1. The van der Waals surface area contributed by atoms with E-state index in [0.29, 0.717) is 11.3 Å². The van der Waals surface area contributed by atoms with Gasteiger partial charge < -0.3 is 10.4 Å². The van der Waals surface area contributed by atoms with E-state index in [1.807, 2.05) is 20.8 Å². The minimum absolute atomic E-state index is 0.0985. The third kappa shape index (κ3) is 3.60. The van der Waals surface area contributed by atoms with Crippen molar-refractivity contribution < 1.29 is 9.90 Å². The lowest BCUT2D eigenvalue weighted by molar-refractivity contribution is 0.0911. The SMILES string of the molecule is CCC(C)(C)NC(=O)c1ccc(-c2ncccc2O)cc1. The predicted octanol–water partition coefficient (Wildman–Crippen LogP) is 3.37. The average Bonchev–Trinajstić information content (AvgIpc) is 2.47. The van der Waals surface area contributed by atoms with Gasteiger partial charge in [0.15, 0.2) is 0 Å². The highest BCUT2D eigenvalue weighted by molar-refractivity contribution is 5.95. The van der Waals surface area contributed by atoms with Crippen LogP contribution in [0.3, 0.4) is 0 Å². The van der Waals surface area contributed by atoms with Crippen molar-refractivity contribution in [2.24, 2.45) is 0 Å². The summed E-state index contributed by atoms with van der Waals surface area (Å²) in [6.07, 6.45) is 2.48. The highest BCUT2D eigenvalue weighted by atomic mass is 16.3. The molecule has 0 radical (unpaired) electrons. The van der Waals surface area contributed by atoms with E-state index < -0.39 is 0 Å². The van der Waals surface area contributed by atoms with Crippen molar-refractivity contribution in [1.82, 2.24) is 10.3 Å². The van der Waals surface area contributed by atoms with Gasteiger partial charge in [-0.15, -0.1) is 0 Å². The van der Waals surface area contributed by atoms with Gasteiger partial charge in [-0.2, -0.15) is 0 Å². The minimum Gasteiger partial charge on any atom is -0.506 e. The lowest BCUT2D eigenvalue weighted by Crippen LogP contribution is -2.42. The zero-order chi connectivity index (χ0) is 15.5. The van der Waals surface area contributed by atoms with Crippen molar-refractivity contribution in [1.29, 1.82) is 0 Å². The summed E-state index contributed by atoms with van der Waals surface area (Å²) in [7, 11) is 0. The number of hydrogen-bond acceptors (Lipinski definition) is 3. The number of aromatic hydroxyl groups is 1.